The Morgan fingerprint density at radius 2 is 1.86 bits per heavy atom. The second kappa shape index (κ2) is 7.62. The molecule has 8 nitrogen and oxygen atoms in total. The Morgan fingerprint density at radius 1 is 1.17 bits per heavy atom. The molecule has 1 heterocycles. The highest BCUT2D eigenvalue weighted by molar-refractivity contribution is 7.99. The number of nitrogens with two attached hydrogens (primary N) is 1. The molecule has 1 aromatic heterocycles. The van der Waals surface area contributed by atoms with Crippen molar-refractivity contribution in [1.29, 1.82) is 0 Å². The third kappa shape index (κ3) is 4.34. The van der Waals surface area contributed by atoms with Crippen LogP contribution in [0.25, 0.3) is 10.9 Å². The summed E-state index contributed by atoms with van der Waals surface area (Å²) in [7, 11) is -3.78. The van der Waals surface area contributed by atoms with Gasteiger partial charge in [-0.2, -0.15) is 0 Å². The van der Waals surface area contributed by atoms with E-state index >= 15 is 0 Å². The average Bonchev–Trinajstić information content (AvgIpc) is 3.51. The summed E-state index contributed by atoms with van der Waals surface area (Å²) < 4.78 is 24.3. The summed E-state index contributed by atoms with van der Waals surface area (Å²) in [6.45, 7) is 0. The number of nitrogens with zero attached hydrogens (tertiary/aromatic N) is 2. The lowest BCUT2D eigenvalue weighted by molar-refractivity contribution is -0.113. The zero-order valence-electron chi connectivity index (χ0n) is 15.2. The van der Waals surface area contributed by atoms with Crippen LogP contribution in [-0.2, 0) is 14.8 Å². The molecular formula is C19H18N4O4S2. The van der Waals surface area contributed by atoms with Crippen LogP contribution in [0.4, 0.5) is 5.69 Å². The topological polar surface area (TPSA) is 124 Å². The van der Waals surface area contributed by atoms with Crippen LogP contribution in [0.2, 0.25) is 0 Å². The number of carbonyl (C=O) groups excluding carboxylic acids is 1. The molecule has 3 aromatic rings. The summed E-state index contributed by atoms with van der Waals surface area (Å²) in [6, 6.07) is 12.9. The number of sulfonamides is 1. The summed E-state index contributed by atoms with van der Waals surface area (Å²) in [6.07, 6.45) is 1.85. The first-order valence-corrected chi connectivity index (χ1v) is 11.4. The molecule has 0 spiro atoms. The van der Waals surface area contributed by atoms with Gasteiger partial charge in [0, 0.05) is 11.7 Å². The molecular weight excluding hydrogens is 412 g/mol. The maximum atomic E-state index is 12.8. The molecule has 2 aromatic carbocycles. The first-order valence-electron chi connectivity index (χ1n) is 8.90. The minimum absolute atomic E-state index is 0.0290. The van der Waals surface area contributed by atoms with E-state index in [1.807, 2.05) is 12.1 Å². The Kier molecular flexibility index (Phi) is 5.15. The number of rotatable bonds is 6. The van der Waals surface area contributed by atoms with Gasteiger partial charge in [-0.3, -0.25) is 14.2 Å². The quantitative estimate of drug-likeness (QED) is 0.456. The maximum absolute atomic E-state index is 12.8. The van der Waals surface area contributed by atoms with Crippen LogP contribution in [0.3, 0.4) is 0 Å². The molecule has 4 rings (SSSR count). The predicted octanol–water partition coefficient (Wildman–Crippen LogP) is 2.11. The smallest absolute Gasteiger partial charge is 0.262 e. The van der Waals surface area contributed by atoms with Gasteiger partial charge in [0.25, 0.3) is 5.56 Å². The summed E-state index contributed by atoms with van der Waals surface area (Å²) >= 11 is 1.20. The largest absolute Gasteiger partial charge is 0.325 e. The summed E-state index contributed by atoms with van der Waals surface area (Å²) in [5.74, 6) is -0.225. The number of primary sulfonamides is 1. The van der Waals surface area contributed by atoms with E-state index in [0.29, 0.717) is 21.7 Å². The first kappa shape index (κ1) is 19.6. The van der Waals surface area contributed by atoms with Crippen molar-refractivity contribution in [3.05, 3.63) is 58.9 Å². The van der Waals surface area contributed by atoms with E-state index in [1.54, 1.807) is 16.7 Å². The van der Waals surface area contributed by atoms with Gasteiger partial charge in [0.15, 0.2) is 5.16 Å². The van der Waals surface area contributed by atoms with Gasteiger partial charge in [-0.1, -0.05) is 23.9 Å². The zero-order valence-corrected chi connectivity index (χ0v) is 16.9. The van der Waals surface area contributed by atoms with Crippen LogP contribution < -0.4 is 16.0 Å². The zero-order chi connectivity index (χ0) is 20.6. The van der Waals surface area contributed by atoms with Crippen molar-refractivity contribution in [2.75, 3.05) is 11.1 Å². The lowest BCUT2D eigenvalue weighted by Crippen LogP contribution is -2.23. The van der Waals surface area contributed by atoms with E-state index in [9.17, 15) is 18.0 Å². The normalized spacial score (nSPS) is 14.1. The van der Waals surface area contributed by atoms with E-state index in [-0.39, 0.29) is 28.2 Å². The molecule has 1 amide bonds. The summed E-state index contributed by atoms with van der Waals surface area (Å²) in [5, 5.41) is 8.85. The molecule has 0 atom stereocenters. The molecule has 0 bridgehead atoms. The molecule has 29 heavy (non-hydrogen) atoms. The highest BCUT2D eigenvalue weighted by atomic mass is 32.2. The lowest BCUT2D eigenvalue weighted by Gasteiger charge is -2.12. The standard InChI is InChI=1S/C19H18N4O4S2/c20-29(26,27)14-9-5-12(6-10-14)21-17(24)11-28-19-22-16-4-2-1-3-15(16)18(25)23(19)13-7-8-13/h1-6,9-10,13H,7-8,11H2,(H,21,24)(H2,20,26,27). The number of nitrogens with one attached hydrogen (secondary N) is 1. The number of amides is 1. The Hall–Kier alpha value is -2.69. The van der Waals surface area contributed by atoms with E-state index in [1.165, 1.54) is 36.0 Å². The summed E-state index contributed by atoms with van der Waals surface area (Å²) in [5.41, 5.74) is 0.976. The predicted molar refractivity (Wildman–Crippen MR) is 111 cm³/mol. The second-order valence-electron chi connectivity index (χ2n) is 6.72. The molecule has 1 aliphatic carbocycles. The van der Waals surface area contributed by atoms with Gasteiger partial charge in [0.05, 0.1) is 21.6 Å². The average molecular weight is 431 g/mol. The van der Waals surface area contributed by atoms with Gasteiger partial charge in [-0.15, -0.1) is 0 Å². The highest BCUT2D eigenvalue weighted by Crippen LogP contribution is 2.36. The van der Waals surface area contributed by atoms with E-state index in [0.717, 1.165) is 12.8 Å². The number of para-hydroxylation sites is 1. The van der Waals surface area contributed by atoms with Gasteiger partial charge < -0.3 is 5.32 Å². The van der Waals surface area contributed by atoms with Crippen molar-refractivity contribution in [2.24, 2.45) is 5.14 Å². The molecule has 0 radical (unpaired) electrons. The number of aromatic nitrogens is 2. The van der Waals surface area contributed by atoms with Crippen molar-refractivity contribution in [3.63, 3.8) is 0 Å². The minimum Gasteiger partial charge on any atom is -0.325 e. The number of fused-ring (bicyclic) bond motifs is 1. The van der Waals surface area contributed by atoms with Crippen LogP contribution >= 0.6 is 11.8 Å². The Morgan fingerprint density at radius 3 is 2.52 bits per heavy atom. The van der Waals surface area contributed by atoms with Gasteiger partial charge in [-0.05, 0) is 49.2 Å². The van der Waals surface area contributed by atoms with Crippen LogP contribution in [0, 0.1) is 0 Å². The van der Waals surface area contributed by atoms with Crippen LogP contribution in [0.5, 0.6) is 0 Å². The molecule has 150 valence electrons. The summed E-state index contributed by atoms with van der Waals surface area (Å²) in [4.78, 5) is 29.7. The highest BCUT2D eigenvalue weighted by Gasteiger charge is 2.28. The maximum Gasteiger partial charge on any atom is 0.262 e. The molecule has 0 aliphatic heterocycles. The number of carbonyl (C=O) groups is 1. The fourth-order valence-electron chi connectivity index (χ4n) is 2.94. The van der Waals surface area contributed by atoms with Crippen molar-refractivity contribution in [1.82, 2.24) is 9.55 Å². The Labute approximate surface area is 171 Å². The van der Waals surface area contributed by atoms with Crippen molar-refractivity contribution >= 4 is 44.3 Å². The van der Waals surface area contributed by atoms with Gasteiger partial charge in [0.2, 0.25) is 15.9 Å². The molecule has 1 aliphatic rings. The minimum atomic E-state index is -3.78. The number of thioether (sulfide) groups is 1. The molecule has 10 heteroatoms. The fourth-order valence-corrected chi connectivity index (χ4v) is 4.32. The van der Waals surface area contributed by atoms with Crippen LogP contribution in [0.1, 0.15) is 18.9 Å². The van der Waals surface area contributed by atoms with Gasteiger partial charge in [-0.25, -0.2) is 18.5 Å². The lowest BCUT2D eigenvalue weighted by atomic mass is 10.2. The van der Waals surface area contributed by atoms with Crippen molar-refractivity contribution < 1.29 is 13.2 Å². The molecule has 3 N–H and O–H groups in total. The van der Waals surface area contributed by atoms with Crippen molar-refractivity contribution in [3.8, 4) is 0 Å². The molecule has 0 unspecified atom stereocenters. The van der Waals surface area contributed by atoms with Crippen LogP contribution in [0.15, 0.2) is 63.4 Å². The Bertz CT molecular complexity index is 1250. The fraction of sp³-hybridized carbons (Fsp3) is 0.211. The number of benzene rings is 2. The molecule has 0 saturated heterocycles. The second-order valence-corrected chi connectivity index (χ2v) is 9.23. The third-order valence-corrected chi connectivity index (χ3v) is 6.37. The van der Waals surface area contributed by atoms with E-state index in [4.69, 9.17) is 5.14 Å². The third-order valence-electron chi connectivity index (χ3n) is 4.49. The monoisotopic (exact) mass is 430 g/mol. The first-order chi connectivity index (χ1) is 13.8. The van der Waals surface area contributed by atoms with E-state index in [2.05, 4.69) is 10.3 Å². The SMILES string of the molecule is NS(=O)(=O)c1ccc(NC(=O)CSc2nc3ccccc3c(=O)n2C2CC2)cc1. The molecule has 1 fully saturated rings. The number of hydrogen-bond donors (Lipinski definition) is 2. The number of hydrogen-bond acceptors (Lipinski definition) is 6. The van der Waals surface area contributed by atoms with Gasteiger partial charge >= 0.3 is 0 Å². The van der Waals surface area contributed by atoms with E-state index < -0.39 is 10.0 Å². The number of anilines is 1. The van der Waals surface area contributed by atoms with Crippen LogP contribution in [-0.4, -0.2) is 29.6 Å². The Balaban J connectivity index is 1.50. The molecule has 1 saturated carbocycles. The van der Waals surface area contributed by atoms with Crippen molar-refractivity contribution in [2.45, 2.75) is 28.9 Å². The van der Waals surface area contributed by atoms with Gasteiger partial charge in [0.1, 0.15) is 0 Å².